The van der Waals surface area contributed by atoms with Crippen molar-refractivity contribution in [3.05, 3.63) is 64.0 Å². The van der Waals surface area contributed by atoms with Gasteiger partial charge in [-0.25, -0.2) is 0 Å². The minimum absolute atomic E-state index is 0.134. The molecule has 6 nitrogen and oxygen atoms in total. The van der Waals surface area contributed by atoms with Gasteiger partial charge in [-0.1, -0.05) is 34.4 Å². The number of nitrogens with one attached hydrogen (secondary N) is 1. The van der Waals surface area contributed by atoms with E-state index in [-0.39, 0.29) is 12.3 Å². The molecule has 29 heavy (non-hydrogen) atoms. The molecule has 3 aromatic rings. The third-order valence-electron chi connectivity index (χ3n) is 4.48. The first kappa shape index (κ1) is 21.1. The van der Waals surface area contributed by atoms with Gasteiger partial charge in [-0.2, -0.15) is 4.98 Å². The summed E-state index contributed by atoms with van der Waals surface area (Å²) < 4.78 is 10.4. The summed E-state index contributed by atoms with van der Waals surface area (Å²) in [6, 6.07) is 12.6. The normalized spacial score (nSPS) is 11.3. The lowest BCUT2D eigenvalue weighted by atomic mass is 9.94. The number of carbonyl (C=O) groups is 1. The van der Waals surface area contributed by atoms with E-state index in [1.807, 2.05) is 44.2 Å². The molecule has 3 rings (SSSR count). The van der Waals surface area contributed by atoms with Crippen molar-refractivity contribution in [2.45, 2.75) is 32.2 Å². The zero-order chi connectivity index (χ0) is 21.0. The minimum Gasteiger partial charge on any atom is -0.497 e. The Hall–Kier alpha value is -2.57. The third kappa shape index (κ3) is 5.28. The van der Waals surface area contributed by atoms with Crippen LogP contribution < -0.4 is 10.1 Å². The molecule has 0 aliphatic rings. The van der Waals surface area contributed by atoms with Gasteiger partial charge in [-0.15, -0.1) is 0 Å². The zero-order valence-corrected chi connectivity index (χ0v) is 17.8. The summed E-state index contributed by atoms with van der Waals surface area (Å²) in [5.41, 5.74) is 1.07. The summed E-state index contributed by atoms with van der Waals surface area (Å²) >= 11 is 12.1. The molecule has 0 aliphatic carbocycles. The number of aromatic nitrogens is 2. The van der Waals surface area contributed by atoms with Crippen LogP contribution in [0.5, 0.6) is 5.75 Å². The molecular weight excluding hydrogens is 413 g/mol. The van der Waals surface area contributed by atoms with Crippen molar-refractivity contribution in [3.8, 4) is 17.1 Å². The molecule has 0 saturated carbocycles. The Bertz CT molecular complexity index is 1000. The number of carbonyl (C=O) groups excluding carboxylic acids is 1. The summed E-state index contributed by atoms with van der Waals surface area (Å²) in [7, 11) is 1.61. The minimum atomic E-state index is -0.603. The van der Waals surface area contributed by atoms with Crippen LogP contribution in [-0.2, 0) is 16.8 Å². The monoisotopic (exact) mass is 433 g/mol. The Morgan fingerprint density at radius 3 is 2.52 bits per heavy atom. The van der Waals surface area contributed by atoms with Crippen molar-refractivity contribution in [2.24, 2.45) is 0 Å². The van der Waals surface area contributed by atoms with E-state index in [2.05, 4.69) is 15.5 Å². The quantitative estimate of drug-likeness (QED) is 0.564. The average Bonchev–Trinajstić information content (AvgIpc) is 3.17. The number of methoxy groups -OCH3 is 1. The number of hydrogen-bond acceptors (Lipinski definition) is 5. The van der Waals surface area contributed by atoms with Gasteiger partial charge in [-0.05, 0) is 55.8 Å². The molecule has 0 radical (unpaired) electrons. The fourth-order valence-electron chi connectivity index (χ4n) is 2.80. The molecule has 0 fully saturated rings. The highest BCUT2D eigenvalue weighted by molar-refractivity contribution is 6.42. The topological polar surface area (TPSA) is 77.2 Å². The van der Waals surface area contributed by atoms with Gasteiger partial charge in [0.15, 0.2) is 0 Å². The maximum atomic E-state index is 12.4. The molecule has 0 bridgehead atoms. The molecule has 1 heterocycles. The molecule has 1 amide bonds. The van der Waals surface area contributed by atoms with Crippen molar-refractivity contribution < 1.29 is 14.1 Å². The van der Waals surface area contributed by atoms with Gasteiger partial charge in [0, 0.05) is 18.4 Å². The Morgan fingerprint density at radius 2 is 1.86 bits per heavy atom. The average molecular weight is 434 g/mol. The lowest BCUT2D eigenvalue weighted by molar-refractivity contribution is -0.122. The van der Waals surface area contributed by atoms with Gasteiger partial charge in [0.25, 0.3) is 0 Å². The van der Waals surface area contributed by atoms with Crippen LogP contribution in [0.15, 0.2) is 47.0 Å². The molecule has 8 heteroatoms. The maximum absolute atomic E-state index is 12.4. The van der Waals surface area contributed by atoms with Gasteiger partial charge in [0.05, 0.1) is 22.7 Å². The van der Waals surface area contributed by atoms with E-state index in [0.717, 1.165) is 16.9 Å². The van der Waals surface area contributed by atoms with Crippen LogP contribution in [0.25, 0.3) is 11.4 Å². The lowest BCUT2D eigenvalue weighted by Gasteiger charge is -2.27. The smallest absolute Gasteiger partial charge is 0.227 e. The lowest BCUT2D eigenvalue weighted by Crippen LogP contribution is -2.41. The number of nitrogens with zero attached hydrogens (tertiary/aromatic N) is 2. The van der Waals surface area contributed by atoms with Gasteiger partial charge in [0.2, 0.25) is 17.6 Å². The molecule has 2 aromatic carbocycles. The van der Waals surface area contributed by atoms with Crippen molar-refractivity contribution in [1.82, 2.24) is 15.5 Å². The Labute approximate surface area is 179 Å². The van der Waals surface area contributed by atoms with Crippen molar-refractivity contribution in [2.75, 3.05) is 7.11 Å². The standard InChI is InChI=1S/C21H21Cl2N3O3/c1-21(2,14-6-9-16(22)17(23)12-14)25-18(27)10-11-19-24-20(26-29-19)13-4-7-15(28-3)8-5-13/h4-9,12H,10-11H2,1-3H3,(H,25,27). The first-order valence-corrected chi connectivity index (χ1v) is 9.77. The number of aryl methyl sites for hydroxylation is 1. The second-order valence-corrected chi connectivity index (χ2v) is 7.86. The fraction of sp³-hybridized carbons (Fsp3) is 0.286. The fourth-order valence-corrected chi connectivity index (χ4v) is 3.10. The summed E-state index contributed by atoms with van der Waals surface area (Å²) in [6.45, 7) is 3.80. The highest BCUT2D eigenvalue weighted by Gasteiger charge is 2.24. The van der Waals surface area contributed by atoms with Crippen LogP contribution >= 0.6 is 23.2 Å². The van der Waals surface area contributed by atoms with E-state index in [9.17, 15) is 4.79 Å². The number of rotatable bonds is 7. The van der Waals surface area contributed by atoms with Crippen molar-refractivity contribution in [1.29, 1.82) is 0 Å². The Kier molecular flexibility index (Phi) is 6.45. The van der Waals surface area contributed by atoms with Crippen molar-refractivity contribution >= 4 is 29.1 Å². The first-order chi connectivity index (χ1) is 13.8. The second kappa shape index (κ2) is 8.84. The van der Waals surface area contributed by atoms with Gasteiger partial charge < -0.3 is 14.6 Å². The summed E-state index contributed by atoms with van der Waals surface area (Å²) in [5.74, 6) is 1.49. The first-order valence-electron chi connectivity index (χ1n) is 9.02. The SMILES string of the molecule is COc1ccc(-c2noc(CCC(=O)NC(C)(C)c3ccc(Cl)c(Cl)c3)n2)cc1. The molecule has 1 N–H and O–H groups in total. The van der Waals surface area contributed by atoms with Crippen LogP contribution in [0, 0.1) is 0 Å². The molecule has 0 saturated heterocycles. The maximum Gasteiger partial charge on any atom is 0.227 e. The summed E-state index contributed by atoms with van der Waals surface area (Å²) in [4.78, 5) is 16.8. The van der Waals surface area contributed by atoms with Crippen LogP contribution in [0.4, 0.5) is 0 Å². The Balaban J connectivity index is 1.59. The number of ether oxygens (including phenoxy) is 1. The van der Waals surface area contributed by atoms with E-state index >= 15 is 0 Å². The van der Waals surface area contributed by atoms with E-state index in [0.29, 0.717) is 28.2 Å². The van der Waals surface area contributed by atoms with Gasteiger partial charge in [-0.3, -0.25) is 4.79 Å². The second-order valence-electron chi connectivity index (χ2n) is 7.04. The number of halogens is 2. The number of hydrogen-bond donors (Lipinski definition) is 1. The largest absolute Gasteiger partial charge is 0.497 e. The highest BCUT2D eigenvalue weighted by atomic mass is 35.5. The molecule has 0 spiro atoms. The van der Waals surface area contributed by atoms with E-state index < -0.39 is 5.54 Å². The predicted octanol–water partition coefficient (Wildman–Crippen LogP) is 5.04. The van der Waals surface area contributed by atoms with E-state index in [1.54, 1.807) is 19.2 Å². The van der Waals surface area contributed by atoms with E-state index in [4.69, 9.17) is 32.5 Å². The van der Waals surface area contributed by atoms with Crippen LogP contribution in [0.2, 0.25) is 10.0 Å². The van der Waals surface area contributed by atoms with Crippen LogP contribution in [-0.4, -0.2) is 23.2 Å². The highest BCUT2D eigenvalue weighted by Crippen LogP contribution is 2.28. The van der Waals surface area contributed by atoms with Crippen molar-refractivity contribution in [3.63, 3.8) is 0 Å². The van der Waals surface area contributed by atoms with Crippen LogP contribution in [0.1, 0.15) is 31.7 Å². The third-order valence-corrected chi connectivity index (χ3v) is 5.21. The van der Waals surface area contributed by atoms with Gasteiger partial charge in [0.1, 0.15) is 5.75 Å². The summed E-state index contributed by atoms with van der Waals surface area (Å²) in [6.07, 6.45) is 0.557. The predicted molar refractivity (Wildman–Crippen MR) is 112 cm³/mol. The summed E-state index contributed by atoms with van der Waals surface area (Å²) in [5, 5.41) is 7.89. The molecule has 0 aliphatic heterocycles. The van der Waals surface area contributed by atoms with Crippen LogP contribution in [0.3, 0.4) is 0 Å². The zero-order valence-electron chi connectivity index (χ0n) is 16.3. The Morgan fingerprint density at radius 1 is 1.14 bits per heavy atom. The molecule has 0 unspecified atom stereocenters. The molecule has 0 atom stereocenters. The van der Waals surface area contributed by atoms with Gasteiger partial charge >= 0.3 is 0 Å². The molecule has 1 aromatic heterocycles. The number of benzene rings is 2. The van der Waals surface area contributed by atoms with E-state index in [1.165, 1.54) is 0 Å². The molecule has 152 valence electrons. The molecular formula is C21H21Cl2N3O3. The number of amides is 1.